The molecule has 0 aliphatic rings. The normalized spacial score (nSPS) is 10.5. The zero-order chi connectivity index (χ0) is 14.2. The van der Waals surface area contributed by atoms with Gasteiger partial charge < -0.3 is 10.1 Å². The van der Waals surface area contributed by atoms with Crippen molar-refractivity contribution in [3.8, 4) is 11.5 Å². The number of rotatable bonds is 7. The highest BCUT2D eigenvalue weighted by atomic mass is 16.5. The molecule has 1 heterocycles. The van der Waals surface area contributed by atoms with Gasteiger partial charge in [-0.05, 0) is 48.7 Å². The molecule has 2 rings (SSSR count). The van der Waals surface area contributed by atoms with Crippen molar-refractivity contribution in [2.45, 2.75) is 33.2 Å². The first-order valence-electron chi connectivity index (χ1n) is 7.23. The first kappa shape index (κ1) is 14.5. The first-order chi connectivity index (χ1) is 9.81. The van der Waals surface area contributed by atoms with Crippen LogP contribution in [0, 0.1) is 0 Å². The number of nitrogens with one attached hydrogen (secondary N) is 1. The van der Waals surface area contributed by atoms with Crippen LogP contribution in [0.15, 0.2) is 42.7 Å². The van der Waals surface area contributed by atoms with Crippen molar-refractivity contribution in [3.63, 3.8) is 0 Å². The molecular formula is C17H22N2O. The summed E-state index contributed by atoms with van der Waals surface area (Å²) in [6.45, 7) is 6.15. The molecule has 0 aliphatic heterocycles. The molecule has 0 saturated carbocycles. The zero-order valence-electron chi connectivity index (χ0n) is 12.2. The number of benzene rings is 1. The van der Waals surface area contributed by atoms with Gasteiger partial charge in [-0.3, -0.25) is 4.98 Å². The molecule has 106 valence electrons. The third-order valence-corrected chi connectivity index (χ3v) is 3.09. The maximum Gasteiger partial charge on any atom is 0.146 e. The van der Waals surface area contributed by atoms with E-state index in [0.29, 0.717) is 0 Å². The van der Waals surface area contributed by atoms with E-state index in [4.69, 9.17) is 4.74 Å². The molecule has 3 nitrogen and oxygen atoms in total. The highest BCUT2D eigenvalue weighted by Crippen LogP contribution is 2.21. The van der Waals surface area contributed by atoms with Crippen molar-refractivity contribution < 1.29 is 4.74 Å². The Morgan fingerprint density at radius 3 is 2.50 bits per heavy atom. The highest BCUT2D eigenvalue weighted by Gasteiger charge is 2.00. The smallest absolute Gasteiger partial charge is 0.146 e. The van der Waals surface area contributed by atoms with Crippen molar-refractivity contribution in [1.29, 1.82) is 0 Å². The molecule has 3 heteroatoms. The lowest BCUT2D eigenvalue weighted by atomic mass is 10.2. The van der Waals surface area contributed by atoms with Gasteiger partial charge in [-0.15, -0.1) is 0 Å². The van der Waals surface area contributed by atoms with Crippen LogP contribution in [-0.2, 0) is 13.0 Å². The summed E-state index contributed by atoms with van der Waals surface area (Å²) >= 11 is 0. The minimum absolute atomic E-state index is 0.782. The van der Waals surface area contributed by atoms with Gasteiger partial charge in [-0.1, -0.05) is 26.0 Å². The standard InChI is InChI=1S/C17H22N2O/c1-3-9-18-11-15-10-17(13-19-12-15)20-16-7-5-14(4-2)6-8-16/h5-8,10,12-13,18H,3-4,9,11H2,1-2H3. The molecule has 0 saturated heterocycles. The Labute approximate surface area is 121 Å². The van der Waals surface area contributed by atoms with Gasteiger partial charge in [0.05, 0.1) is 6.20 Å². The SMILES string of the molecule is CCCNCc1cncc(Oc2ccc(CC)cc2)c1. The Balaban J connectivity index is 1.99. The molecule has 0 amide bonds. The van der Waals surface area contributed by atoms with Crippen LogP contribution in [0.5, 0.6) is 11.5 Å². The van der Waals surface area contributed by atoms with E-state index in [1.54, 1.807) is 6.20 Å². The van der Waals surface area contributed by atoms with Crippen LogP contribution in [0.1, 0.15) is 31.4 Å². The van der Waals surface area contributed by atoms with E-state index in [-0.39, 0.29) is 0 Å². The molecule has 1 aromatic carbocycles. The fourth-order valence-corrected chi connectivity index (χ4v) is 1.96. The molecule has 1 aromatic heterocycles. The second-order valence-electron chi connectivity index (χ2n) is 4.81. The minimum Gasteiger partial charge on any atom is -0.456 e. The fraction of sp³-hybridized carbons (Fsp3) is 0.353. The average molecular weight is 270 g/mol. The third kappa shape index (κ3) is 4.35. The monoisotopic (exact) mass is 270 g/mol. The third-order valence-electron chi connectivity index (χ3n) is 3.09. The number of aromatic nitrogens is 1. The molecular weight excluding hydrogens is 248 g/mol. The molecule has 20 heavy (non-hydrogen) atoms. The summed E-state index contributed by atoms with van der Waals surface area (Å²) in [7, 11) is 0. The molecule has 0 unspecified atom stereocenters. The van der Waals surface area contributed by atoms with E-state index < -0.39 is 0 Å². The van der Waals surface area contributed by atoms with Gasteiger partial charge in [0.15, 0.2) is 0 Å². The lowest BCUT2D eigenvalue weighted by Crippen LogP contribution is -2.13. The largest absolute Gasteiger partial charge is 0.456 e. The van der Waals surface area contributed by atoms with Crippen molar-refractivity contribution in [1.82, 2.24) is 10.3 Å². The van der Waals surface area contributed by atoms with Gasteiger partial charge in [0.2, 0.25) is 0 Å². The molecule has 0 aliphatic carbocycles. The molecule has 1 N–H and O–H groups in total. The molecule has 0 spiro atoms. The van der Waals surface area contributed by atoms with E-state index in [2.05, 4.69) is 36.3 Å². The second-order valence-corrected chi connectivity index (χ2v) is 4.81. The number of nitrogens with zero attached hydrogens (tertiary/aromatic N) is 1. The number of hydrogen-bond donors (Lipinski definition) is 1. The maximum absolute atomic E-state index is 5.83. The Morgan fingerprint density at radius 1 is 1.00 bits per heavy atom. The number of hydrogen-bond acceptors (Lipinski definition) is 3. The predicted octanol–water partition coefficient (Wildman–Crippen LogP) is 3.94. The molecule has 0 atom stereocenters. The quantitative estimate of drug-likeness (QED) is 0.774. The maximum atomic E-state index is 5.83. The van der Waals surface area contributed by atoms with Gasteiger partial charge in [-0.25, -0.2) is 0 Å². The highest BCUT2D eigenvalue weighted by molar-refractivity contribution is 5.33. The fourth-order valence-electron chi connectivity index (χ4n) is 1.96. The average Bonchev–Trinajstić information content (AvgIpc) is 2.49. The van der Waals surface area contributed by atoms with Crippen molar-refractivity contribution >= 4 is 0 Å². The topological polar surface area (TPSA) is 34.2 Å². The van der Waals surface area contributed by atoms with Crippen LogP contribution >= 0.6 is 0 Å². The lowest BCUT2D eigenvalue weighted by Gasteiger charge is -2.08. The van der Waals surface area contributed by atoms with Crippen LogP contribution < -0.4 is 10.1 Å². The van der Waals surface area contributed by atoms with Gasteiger partial charge in [0.1, 0.15) is 11.5 Å². The van der Waals surface area contributed by atoms with Gasteiger partial charge in [0, 0.05) is 12.7 Å². The van der Waals surface area contributed by atoms with E-state index in [9.17, 15) is 0 Å². The second kappa shape index (κ2) is 7.65. The van der Waals surface area contributed by atoms with E-state index >= 15 is 0 Å². The van der Waals surface area contributed by atoms with Gasteiger partial charge >= 0.3 is 0 Å². The van der Waals surface area contributed by atoms with E-state index in [1.165, 1.54) is 5.56 Å². The summed E-state index contributed by atoms with van der Waals surface area (Å²) < 4.78 is 5.83. The van der Waals surface area contributed by atoms with Crippen molar-refractivity contribution in [2.24, 2.45) is 0 Å². The summed E-state index contributed by atoms with van der Waals surface area (Å²) in [4.78, 5) is 4.23. The summed E-state index contributed by atoms with van der Waals surface area (Å²) in [5.74, 6) is 1.63. The van der Waals surface area contributed by atoms with Crippen LogP contribution in [0.3, 0.4) is 0 Å². The van der Waals surface area contributed by atoms with Crippen LogP contribution in [0.4, 0.5) is 0 Å². The summed E-state index contributed by atoms with van der Waals surface area (Å²) in [5, 5.41) is 3.36. The first-order valence-corrected chi connectivity index (χ1v) is 7.23. The molecule has 0 fully saturated rings. The summed E-state index contributed by atoms with van der Waals surface area (Å²) in [5.41, 5.74) is 2.45. The summed E-state index contributed by atoms with van der Waals surface area (Å²) in [6, 6.07) is 10.2. The molecule has 0 radical (unpaired) electrons. The zero-order valence-corrected chi connectivity index (χ0v) is 12.2. The number of aryl methyl sites for hydroxylation is 1. The Bertz CT molecular complexity index is 523. The summed E-state index contributed by atoms with van der Waals surface area (Å²) in [6.07, 6.45) is 5.79. The predicted molar refractivity (Wildman–Crippen MR) is 82.1 cm³/mol. The molecule has 0 bridgehead atoms. The van der Waals surface area contributed by atoms with Crippen LogP contribution in [0.25, 0.3) is 0 Å². The Morgan fingerprint density at radius 2 is 1.80 bits per heavy atom. The van der Waals surface area contributed by atoms with Crippen LogP contribution in [0.2, 0.25) is 0 Å². The van der Waals surface area contributed by atoms with E-state index in [0.717, 1.165) is 43.0 Å². The molecule has 2 aromatic rings. The van der Waals surface area contributed by atoms with Crippen molar-refractivity contribution in [3.05, 3.63) is 53.9 Å². The lowest BCUT2D eigenvalue weighted by molar-refractivity contribution is 0.478. The van der Waals surface area contributed by atoms with Crippen LogP contribution in [-0.4, -0.2) is 11.5 Å². The van der Waals surface area contributed by atoms with Gasteiger partial charge in [-0.2, -0.15) is 0 Å². The van der Waals surface area contributed by atoms with Gasteiger partial charge in [0.25, 0.3) is 0 Å². The minimum atomic E-state index is 0.782. The number of ether oxygens (including phenoxy) is 1. The van der Waals surface area contributed by atoms with E-state index in [1.807, 2.05) is 24.4 Å². The Kier molecular flexibility index (Phi) is 5.56. The number of pyridine rings is 1. The Hall–Kier alpha value is -1.87. The van der Waals surface area contributed by atoms with Crippen molar-refractivity contribution in [2.75, 3.05) is 6.54 Å².